The number of benzene rings is 2. The summed E-state index contributed by atoms with van der Waals surface area (Å²) in [5.41, 5.74) is 8.83. The highest BCUT2D eigenvalue weighted by Crippen LogP contribution is 2.33. The monoisotopic (exact) mass is 329 g/mol. The molecule has 3 rings (SSSR count). The summed E-state index contributed by atoms with van der Waals surface area (Å²) in [5.74, 6) is -0.0688. The Kier molecular flexibility index (Phi) is 5.36. The average Bonchev–Trinajstić information content (AvgIpc) is 3.09. The molecule has 128 valence electrons. The molecule has 1 saturated carbocycles. The van der Waals surface area contributed by atoms with Crippen LogP contribution in [0.1, 0.15) is 38.2 Å². The van der Waals surface area contributed by atoms with Crippen LogP contribution in [-0.2, 0) is 11.3 Å². The number of rotatable bonds is 6. The SMILES string of the molecule is CCOc1cccc(-c2ccc(N)cc2COC2CCCC2)c1F. The van der Waals surface area contributed by atoms with Gasteiger partial charge in [0, 0.05) is 11.3 Å². The Morgan fingerprint density at radius 3 is 2.67 bits per heavy atom. The molecule has 0 heterocycles. The third-order valence-corrected chi connectivity index (χ3v) is 4.46. The molecule has 0 bridgehead atoms. The maximum atomic E-state index is 14.8. The van der Waals surface area contributed by atoms with Crippen molar-refractivity contribution in [2.75, 3.05) is 12.3 Å². The number of hydrogen-bond acceptors (Lipinski definition) is 3. The fourth-order valence-electron chi connectivity index (χ4n) is 3.24. The molecule has 2 N–H and O–H groups in total. The molecule has 1 aliphatic carbocycles. The molecule has 0 spiro atoms. The first-order valence-corrected chi connectivity index (χ1v) is 8.60. The maximum absolute atomic E-state index is 14.8. The first-order valence-electron chi connectivity index (χ1n) is 8.60. The van der Waals surface area contributed by atoms with Crippen LogP contribution < -0.4 is 10.5 Å². The Morgan fingerprint density at radius 2 is 1.92 bits per heavy atom. The summed E-state index contributed by atoms with van der Waals surface area (Å²) in [6.45, 7) is 2.72. The van der Waals surface area contributed by atoms with Crippen molar-refractivity contribution in [1.82, 2.24) is 0 Å². The van der Waals surface area contributed by atoms with Gasteiger partial charge in [-0.3, -0.25) is 0 Å². The molecule has 2 aromatic rings. The summed E-state index contributed by atoms with van der Waals surface area (Å²) in [4.78, 5) is 0. The van der Waals surface area contributed by atoms with Crippen molar-refractivity contribution in [3.8, 4) is 16.9 Å². The van der Waals surface area contributed by atoms with Crippen LogP contribution in [0.5, 0.6) is 5.75 Å². The Hall–Kier alpha value is -2.07. The number of nitrogen functional groups attached to an aromatic ring is 1. The van der Waals surface area contributed by atoms with Crippen LogP contribution in [0.3, 0.4) is 0 Å². The lowest BCUT2D eigenvalue weighted by Gasteiger charge is -2.16. The van der Waals surface area contributed by atoms with Crippen LogP contribution in [0, 0.1) is 5.82 Å². The predicted molar refractivity (Wildman–Crippen MR) is 94.5 cm³/mol. The van der Waals surface area contributed by atoms with Crippen LogP contribution >= 0.6 is 0 Å². The van der Waals surface area contributed by atoms with Gasteiger partial charge in [0.05, 0.1) is 19.3 Å². The van der Waals surface area contributed by atoms with Gasteiger partial charge in [0.15, 0.2) is 11.6 Å². The Morgan fingerprint density at radius 1 is 1.12 bits per heavy atom. The summed E-state index contributed by atoms with van der Waals surface area (Å²) < 4.78 is 26.2. The summed E-state index contributed by atoms with van der Waals surface area (Å²) in [6, 6.07) is 10.7. The van der Waals surface area contributed by atoms with Gasteiger partial charge in [0.1, 0.15) is 0 Å². The van der Waals surface area contributed by atoms with Gasteiger partial charge >= 0.3 is 0 Å². The van der Waals surface area contributed by atoms with Gasteiger partial charge in [-0.25, -0.2) is 4.39 Å². The molecule has 4 heteroatoms. The lowest BCUT2D eigenvalue weighted by molar-refractivity contribution is 0.0459. The van der Waals surface area contributed by atoms with E-state index in [4.69, 9.17) is 15.2 Å². The van der Waals surface area contributed by atoms with Crippen LogP contribution in [0.15, 0.2) is 36.4 Å². The van der Waals surface area contributed by atoms with E-state index in [2.05, 4.69) is 0 Å². The molecule has 0 aromatic heterocycles. The molecule has 0 aliphatic heterocycles. The van der Waals surface area contributed by atoms with Gasteiger partial charge in [-0.1, -0.05) is 31.0 Å². The van der Waals surface area contributed by atoms with Crippen LogP contribution in [0.4, 0.5) is 10.1 Å². The predicted octanol–water partition coefficient (Wildman–Crippen LogP) is 4.93. The summed E-state index contributed by atoms with van der Waals surface area (Å²) in [7, 11) is 0. The molecule has 24 heavy (non-hydrogen) atoms. The number of ether oxygens (including phenoxy) is 2. The van der Waals surface area contributed by atoms with Gasteiger partial charge in [-0.05, 0) is 49.1 Å². The van der Waals surface area contributed by atoms with Crippen LogP contribution in [0.2, 0.25) is 0 Å². The first kappa shape index (κ1) is 16.8. The molecule has 0 unspecified atom stereocenters. The highest BCUT2D eigenvalue weighted by Gasteiger charge is 2.18. The molecule has 0 saturated heterocycles. The molecule has 0 atom stereocenters. The number of anilines is 1. The summed E-state index contributed by atoms with van der Waals surface area (Å²) in [6.07, 6.45) is 4.95. The second kappa shape index (κ2) is 7.67. The standard InChI is InChI=1S/C20H24FNO2/c1-2-23-19-9-5-8-18(20(19)21)17-11-10-15(22)12-14(17)13-24-16-6-3-4-7-16/h5,8-12,16H,2-4,6-7,13,22H2,1H3. The van der Waals surface area contributed by atoms with Crippen LogP contribution in [-0.4, -0.2) is 12.7 Å². The van der Waals surface area contributed by atoms with Crippen molar-refractivity contribution < 1.29 is 13.9 Å². The number of halogens is 1. The van der Waals surface area contributed by atoms with Crippen molar-refractivity contribution in [3.63, 3.8) is 0 Å². The molecule has 0 amide bonds. The molecule has 0 radical (unpaired) electrons. The maximum Gasteiger partial charge on any atom is 0.172 e. The lowest BCUT2D eigenvalue weighted by atomic mass is 9.98. The van der Waals surface area contributed by atoms with Crippen LogP contribution in [0.25, 0.3) is 11.1 Å². The highest BCUT2D eigenvalue weighted by molar-refractivity contribution is 5.71. The van der Waals surface area contributed by atoms with Gasteiger partial charge < -0.3 is 15.2 Å². The summed E-state index contributed by atoms with van der Waals surface area (Å²) in [5, 5.41) is 0. The highest BCUT2D eigenvalue weighted by atomic mass is 19.1. The Labute approximate surface area is 142 Å². The second-order valence-electron chi connectivity index (χ2n) is 6.18. The van der Waals surface area contributed by atoms with E-state index in [0.29, 0.717) is 30.6 Å². The molecular formula is C20H24FNO2. The topological polar surface area (TPSA) is 44.5 Å². The molecule has 2 aromatic carbocycles. The third-order valence-electron chi connectivity index (χ3n) is 4.46. The van der Waals surface area contributed by atoms with Crippen molar-refractivity contribution in [2.24, 2.45) is 0 Å². The molecule has 1 aliphatic rings. The van der Waals surface area contributed by atoms with Crippen molar-refractivity contribution in [3.05, 3.63) is 47.8 Å². The Balaban J connectivity index is 1.91. The normalized spacial score (nSPS) is 14.9. The number of nitrogens with two attached hydrogens (primary N) is 1. The Bertz CT molecular complexity index is 696. The van der Waals surface area contributed by atoms with E-state index in [1.807, 2.05) is 19.1 Å². The number of hydrogen-bond donors (Lipinski definition) is 1. The molecular weight excluding hydrogens is 305 g/mol. The largest absolute Gasteiger partial charge is 0.491 e. The minimum atomic E-state index is -0.341. The lowest BCUT2D eigenvalue weighted by Crippen LogP contribution is -2.08. The van der Waals surface area contributed by atoms with Crippen molar-refractivity contribution in [1.29, 1.82) is 0 Å². The fourth-order valence-corrected chi connectivity index (χ4v) is 3.24. The van der Waals surface area contributed by atoms with E-state index in [9.17, 15) is 4.39 Å². The first-order chi connectivity index (χ1) is 11.7. The third kappa shape index (κ3) is 3.70. The van der Waals surface area contributed by atoms with Gasteiger partial charge in [-0.2, -0.15) is 0 Å². The zero-order valence-corrected chi connectivity index (χ0v) is 14.1. The second-order valence-corrected chi connectivity index (χ2v) is 6.18. The molecule has 1 fully saturated rings. The average molecular weight is 329 g/mol. The van der Waals surface area contributed by atoms with E-state index in [0.717, 1.165) is 24.0 Å². The van der Waals surface area contributed by atoms with E-state index in [1.165, 1.54) is 12.8 Å². The zero-order chi connectivity index (χ0) is 16.9. The van der Waals surface area contributed by atoms with Crippen molar-refractivity contribution in [2.45, 2.75) is 45.3 Å². The van der Waals surface area contributed by atoms with Gasteiger partial charge in [0.25, 0.3) is 0 Å². The minimum Gasteiger partial charge on any atom is -0.491 e. The van der Waals surface area contributed by atoms with E-state index < -0.39 is 0 Å². The van der Waals surface area contributed by atoms with E-state index in [-0.39, 0.29) is 11.6 Å². The minimum absolute atomic E-state index is 0.273. The van der Waals surface area contributed by atoms with Gasteiger partial charge in [0.2, 0.25) is 0 Å². The van der Waals surface area contributed by atoms with E-state index >= 15 is 0 Å². The van der Waals surface area contributed by atoms with Crippen molar-refractivity contribution >= 4 is 5.69 Å². The quantitative estimate of drug-likeness (QED) is 0.764. The zero-order valence-electron chi connectivity index (χ0n) is 14.1. The molecule has 3 nitrogen and oxygen atoms in total. The fraction of sp³-hybridized carbons (Fsp3) is 0.400. The smallest absolute Gasteiger partial charge is 0.172 e. The van der Waals surface area contributed by atoms with E-state index in [1.54, 1.807) is 24.3 Å². The summed E-state index contributed by atoms with van der Waals surface area (Å²) >= 11 is 0. The van der Waals surface area contributed by atoms with Gasteiger partial charge in [-0.15, -0.1) is 0 Å².